The van der Waals surface area contributed by atoms with Crippen LogP contribution >= 0.6 is 11.3 Å². The topological polar surface area (TPSA) is 147 Å². The largest absolute Gasteiger partial charge is 0.355 e. The van der Waals surface area contributed by atoms with Crippen molar-refractivity contribution in [1.29, 1.82) is 0 Å². The van der Waals surface area contributed by atoms with Gasteiger partial charge in [-0.3, -0.25) is 19.2 Å². The van der Waals surface area contributed by atoms with Crippen LogP contribution in [0, 0.1) is 0 Å². The molecule has 14 heteroatoms. The van der Waals surface area contributed by atoms with E-state index in [9.17, 15) is 24.0 Å². The first-order valence-electron chi connectivity index (χ1n) is 14.7. The number of nitrogens with zero attached hydrogens (tertiary/aromatic N) is 5. The predicted octanol–water partition coefficient (Wildman–Crippen LogP) is 1.43. The number of hydrogen-bond acceptors (Lipinski definition) is 8. The number of amides is 6. The number of aromatic nitrogens is 1. The molecular formula is C31H36N8O5S. The van der Waals surface area contributed by atoms with Crippen molar-refractivity contribution in [2.24, 2.45) is 0 Å². The standard InChI is InChI=1S/C31H36N8O5S/c1-2-14-37-19-28(42)38-24(11-7-13-33-26(41)16-32-20-40)30(43)36(17-23-10-6-12-25-29(23)35-21-45-25)18-27(38)39(37)31(44)34-15-22-8-4-3-5-9-22/h2-6,8-10,12,20-21,24,27H,1,7,11,13-19H2,(H,32,40)(H,33,41)(H,34,44)/t24-,27-/m0/s1. The quantitative estimate of drug-likeness (QED) is 0.147. The highest BCUT2D eigenvalue weighted by molar-refractivity contribution is 7.16. The van der Waals surface area contributed by atoms with E-state index < -0.39 is 18.2 Å². The second kappa shape index (κ2) is 14.8. The molecule has 2 atom stereocenters. The molecule has 2 aliphatic heterocycles. The van der Waals surface area contributed by atoms with Gasteiger partial charge in [0.05, 0.1) is 35.4 Å². The molecule has 2 aromatic carbocycles. The molecule has 0 aliphatic carbocycles. The zero-order valence-corrected chi connectivity index (χ0v) is 25.6. The van der Waals surface area contributed by atoms with Gasteiger partial charge in [0.25, 0.3) is 0 Å². The van der Waals surface area contributed by atoms with Gasteiger partial charge < -0.3 is 25.8 Å². The predicted molar refractivity (Wildman–Crippen MR) is 168 cm³/mol. The summed E-state index contributed by atoms with van der Waals surface area (Å²) >= 11 is 1.51. The van der Waals surface area contributed by atoms with Crippen LogP contribution in [0.3, 0.4) is 0 Å². The molecule has 3 N–H and O–H groups in total. The number of piperazine rings is 1. The Bertz CT molecular complexity index is 1550. The first-order chi connectivity index (χ1) is 21.9. The molecule has 3 heterocycles. The fourth-order valence-corrected chi connectivity index (χ4v) is 6.50. The Balaban J connectivity index is 1.42. The average molecular weight is 633 g/mol. The number of urea groups is 1. The van der Waals surface area contributed by atoms with Crippen LogP contribution in [-0.4, -0.2) is 99.9 Å². The number of nitrogens with one attached hydrogen (secondary N) is 3. The minimum absolute atomic E-state index is 0.0993. The normalized spacial score (nSPS) is 18.4. The Kier molecular flexibility index (Phi) is 10.4. The summed E-state index contributed by atoms with van der Waals surface area (Å²) in [6.45, 7) is 4.71. The van der Waals surface area contributed by atoms with Gasteiger partial charge in [0, 0.05) is 26.2 Å². The van der Waals surface area contributed by atoms with Crippen molar-refractivity contribution in [3.8, 4) is 0 Å². The Morgan fingerprint density at radius 3 is 2.69 bits per heavy atom. The molecule has 1 aromatic heterocycles. The maximum absolute atomic E-state index is 14.1. The van der Waals surface area contributed by atoms with Crippen molar-refractivity contribution in [2.45, 2.75) is 38.1 Å². The highest BCUT2D eigenvalue weighted by Crippen LogP contribution is 2.31. The number of hydrazine groups is 1. The Hall–Kier alpha value is -4.82. The molecule has 236 valence electrons. The fraction of sp³-hybridized carbons (Fsp3) is 0.355. The summed E-state index contributed by atoms with van der Waals surface area (Å²) in [6, 6.07) is 14.1. The van der Waals surface area contributed by atoms with Gasteiger partial charge in [-0.2, -0.15) is 0 Å². The van der Waals surface area contributed by atoms with Gasteiger partial charge in [0.1, 0.15) is 12.2 Å². The lowest BCUT2D eigenvalue weighted by atomic mass is 10.0. The van der Waals surface area contributed by atoms with Gasteiger partial charge in [-0.05, 0) is 30.0 Å². The molecular weight excluding hydrogens is 596 g/mol. The van der Waals surface area contributed by atoms with E-state index >= 15 is 0 Å². The zero-order chi connectivity index (χ0) is 31.8. The molecule has 6 amide bonds. The van der Waals surface area contributed by atoms with Gasteiger partial charge in [-0.1, -0.05) is 48.5 Å². The van der Waals surface area contributed by atoms with Crippen LogP contribution in [-0.2, 0) is 32.3 Å². The molecule has 2 fully saturated rings. The third-order valence-corrected chi connectivity index (χ3v) is 8.59. The van der Waals surface area contributed by atoms with E-state index in [2.05, 4.69) is 27.5 Å². The van der Waals surface area contributed by atoms with E-state index in [-0.39, 0.29) is 70.0 Å². The van der Waals surface area contributed by atoms with E-state index in [0.717, 1.165) is 21.3 Å². The van der Waals surface area contributed by atoms with Crippen LogP contribution in [0.25, 0.3) is 10.2 Å². The van der Waals surface area contributed by atoms with Crippen molar-refractivity contribution >= 4 is 51.7 Å². The second-order valence-electron chi connectivity index (χ2n) is 10.7. The zero-order valence-electron chi connectivity index (χ0n) is 24.8. The van der Waals surface area contributed by atoms with Crippen molar-refractivity contribution < 1.29 is 24.0 Å². The summed E-state index contributed by atoms with van der Waals surface area (Å²) in [5, 5.41) is 11.2. The highest BCUT2D eigenvalue weighted by atomic mass is 32.1. The summed E-state index contributed by atoms with van der Waals surface area (Å²) in [5.41, 5.74) is 4.37. The van der Waals surface area contributed by atoms with Crippen LogP contribution in [0.4, 0.5) is 4.79 Å². The van der Waals surface area contributed by atoms with Crippen molar-refractivity contribution in [2.75, 3.05) is 32.7 Å². The molecule has 2 aliphatic rings. The van der Waals surface area contributed by atoms with E-state index in [0.29, 0.717) is 12.8 Å². The fourth-order valence-electron chi connectivity index (χ4n) is 5.77. The summed E-state index contributed by atoms with van der Waals surface area (Å²) < 4.78 is 1.00. The smallest absolute Gasteiger partial charge is 0.334 e. The van der Waals surface area contributed by atoms with Gasteiger partial charge in [0.2, 0.25) is 24.1 Å². The Morgan fingerprint density at radius 1 is 1.09 bits per heavy atom. The number of fused-ring (bicyclic) bond motifs is 2. The first kappa shape index (κ1) is 31.6. The number of benzene rings is 2. The van der Waals surface area contributed by atoms with E-state index in [4.69, 9.17) is 0 Å². The van der Waals surface area contributed by atoms with Crippen LogP contribution in [0.15, 0.2) is 66.7 Å². The highest BCUT2D eigenvalue weighted by Gasteiger charge is 2.51. The molecule has 3 aromatic rings. The number of hydrogen-bond donors (Lipinski definition) is 3. The first-order valence-corrected chi connectivity index (χ1v) is 15.6. The van der Waals surface area contributed by atoms with Gasteiger partial charge in [0.15, 0.2) is 0 Å². The van der Waals surface area contributed by atoms with Crippen molar-refractivity contribution in [1.82, 2.24) is 40.8 Å². The van der Waals surface area contributed by atoms with Crippen LogP contribution in [0.2, 0.25) is 0 Å². The number of rotatable bonds is 13. The Morgan fingerprint density at radius 2 is 1.91 bits per heavy atom. The van der Waals surface area contributed by atoms with Crippen molar-refractivity contribution in [3.63, 3.8) is 0 Å². The van der Waals surface area contributed by atoms with E-state index in [1.165, 1.54) is 21.2 Å². The molecule has 0 saturated carbocycles. The average Bonchev–Trinajstić information content (AvgIpc) is 3.53. The van der Waals surface area contributed by atoms with Crippen LogP contribution < -0.4 is 16.0 Å². The van der Waals surface area contributed by atoms with Gasteiger partial charge >= 0.3 is 6.03 Å². The molecule has 5 rings (SSSR count). The Labute approximate surface area is 264 Å². The lowest BCUT2D eigenvalue weighted by Gasteiger charge is -2.55. The number of carbonyl (C=O) groups is 5. The van der Waals surface area contributed by atoms with E-state index in [1.54, 1.807) is 21.5 Å². The van der Waals surface area contributed by atoms with Gasteiger partial charge in [-0.25, -0.2) is 19.8 Å². The SMILES string of the molecule is C=CCN1CC(=O)N2[C@@H](CCCNC(=O)CNC=O)C(=O)N(Cc3cccc4scnc34)C[C@@H]2N1C(=O)NCc1ccccc1. The van der Waals surface area contributed by atoms with Crippen LogP contribution in [0.1, 0.15) is 24.0 Å². The summed E-state index contributed by atoms with van der Waals surface area (Å²) in [4.78, 5) is 71.8. The third kappa shape index (κ3) is 7.29. The summed E-state index contributed by atoms with van der Waals surface area (Å²) in [7, 11) is 0. The molecule has 13 nitrogen and oxygen atoms in total. The monoisotopic (exact) mass is 632 g/mol. The van der Waals surface area contributed by atoms with E-state index in [1.807, 2.05) is 48.5 Å². The minimum Gasteiger partial charge on any atom is -0.355 e. The van der Waals surface area contributed by atoms with Gasteiger partial charge in [-0.15, -0.1) is 17.9 Å². The molecule has 0 radical (unpaired) electrons. The molecule has 0 unspecified atom stereocenters. The number of para-hydroxylation sites is 1. The summed E-state index contributed by atoms with van der Waals surface area (Å²) in [5.74, 6) is -0.862. The molecule has 0 spiro atoms. The number of carbonyl (C=O) groups excluding carboxylic acids is 5. The lowest BCUT2D eigenvalue weighted by molar-refractivity contribution is -0.190. The molecule has 0 bridgehead atoms. The van der Waals surface area contributed by atoms with Crippen molar-refractivity contribution in [3.05, 3.63) is 77.8 Å². The maximum Gasteiger partial charge on any atom is 0.334 e. The summed E-state index contributed by atoms with van der Waals surface area (Å²) in [6.07, 6.45) is 1.97. The maximum atomic E-state index is 14.1. The molecule has 2 saturated heterocycles. The molecule has 45 heavy (non-hydrogen) atoms. The lowest BCUT2D eigenvalue weighted by Crippen LogP contribution is -2.76. The minimum atomic E-state index is -0.855. The van der Waals surface area contributed by atoms with Crippen LogP contribution in [0.5, 0.6) is 0 Å². The second-order valence-corrected chi connectivity index (χ2v) is 11.6. The number of thiazole rings is 1. The third-order valence-electron chi connectivity index (χ3n) is 7.79.